The van der Waals surface area contributed by atoms with Gasteiger partial charge < -0.3 is 5.11 Å². The Morgan fingerprint density at radius 1 is 0.842 bits per heavy atom. The van der Waals surface area contributed by atoms with Gasteiger partial charge in [-0.15, -0.1) is 0 Å². The third kappa shape index (κ3) is 3.15. The quantitative estimate of drug-likeness (QED) is 0.852. The summed E-state index contributed by atoms with van der Waals surface area (Å²) in [6.45, 7) is 1.66. The summed E-state index contributed by atoms with van der Waals surface area (Å²) in [5, 5.41) is 9.39. The lowest BCUT2D eigenvalue weighted by Gasteiger charge is -2.09. The van der Waals surface area contributed by atoms with Crippen LogP contribution in [-0.4, -0.2) is 5.11 Å². The summed E-state index contributed by atoms with van der Waals surface area (Å²) >= 11 is 0. The minimum atomic E-state index is -4.31. The Morgan fingerprint density at radius 3 is 1.63 bits per heavy atom. The molecule has 0 bridgehead atoms. The molecule has 0 radical (unpaired) electrons. The number of alkyl halides is 3. The van der Waals surface area contributed by atoms with E-state index in [0.29, 0.717) is 5.56 Å². The number of aliphatic hydroxyl groups is 1. The highest BCUT2D eigenvalue weighted by Crippen LogP contribution is 2.31. The third-order valence-electron chi connectivity index (χ3n) is 2.94. The molecule has 0 aliphatic carbocycles. The largest absolute Gasteiger partial charge is 0.416 e. The molecular weight excluding hydrogens is 253 g/mol. The molecule has 1 N–H and O–H groups in total. The van der Waals surface area contributed by atoms with E-state index in [0.717, 1.165) is 23.3 Å². The number of rotatable bonds is 2. The standard InChI is InChI=1S/C15H13F3O/c1-10(19)11-2-4-12(5-3-11)13-6-8-14(9-7-13)15(16,17)18/h2-10,19H,1H3/t10-/m1/s1. The predicted octanol–water partition coefficient (Wildman–Crippen LogP) is 4.43. The molecule has 0 amide bonds. The van der Waals surface area contributed by atoms with Gasteiger partial charge in [0.2, 0.25) is 0 Å². The fraction of sp³-hybridized carbons (Fsp3) is 0.200. The van der Waals surface area contributed by atoms with Crippen LogP contribution in [0.15, 0.2) is 48.5 Å². The molecule has 0 aromatic heterocycles. The Balaban J connectivity index is 2.27. The first kappa shape index (κ1) is 13.6. The number of halogens is 3. The summed E-state index contributed by atoms with van der Waals surface area (Å²) in [4.78, 5) is 0. The average Bonchev–Trinajstić information content (AvgIpc) is 2.38. The number of hydrogen-bond acceptors (Lipinski definition) is 1. The van der Waals surface area contributed by atoms with Gasteiger partial charge in [-0.3, -0.25) is 0 Å². The second-order valence-electron chi connectivity index (χ2n) is 4.37. The monoisotopic (exact) mass is 266 g/mol. The molecule has 0 saturated carbocycles. The number of benzene rings is 2. The van der Waals surface area contributed by atoms with E-state index in [9.17, 15) is 18.3 Å². The van der Waals surface area contributed by atoms with Crippen molar-refractivity contribution in [2.45, 2.75) is 19.2 Å². The summed E-state index contributed by atoms with van der Waals surface area (Å²) in [7, 11) is 0. The summed E-state index contributed by atoms with van der Waals surface area (Å²) in [6.07, 6.45) is -4.86. The van der Waals surface area contributed by atoms with Crippen LogP contribution in [0.1, 0.15) is 24.2 Å². The van der Waals surface area contributed by atoms with E-state index in [4.69, 9.17) is 0 Å². The fourth-order valence-electron chi connectivity index (χ4n) is 1.81. The van der Waals surface area contributed by atoms with Gasteiger partial charge >= 0.3 is 6.18 Å². The minimum Gasteiger partial charge on any atom is -0.389 e. The second-order valence-corrected chi connectivity index (χ2v) is 4.37. The maximum atomic E-state index is 12.4. The van der Waals surface area contributed by atoms with Crippen LogP contribution >= 0.6 is 0 Å². The van der Waals surface area contributed by atoms with Crippen molar-refractivity contribution in [1.82, 2.24) is 0 Å². The van der Waals surface area contributed by atoms with Crippen LogP contribution in [0.25, 0.3) is 11.1 Å². The van der Waals surface area contributed by atoms with E-state index in [1.807, 2.05) is 0 Å². The zero-order valence-corrected chi connectivity index (χ0v) is 10.3. The van der Waals surface area contributed by atoms with Gasteiger partial charge in [0.05, 0.1) is 11.7 Å². The van der Waals surface area contributed by atoms with Crippen LogP contribution in [0, 0.1) is 0 Å². The maximum Gasteiger partial charge on any atom is 0.416 e. The highest BCUT2D eigenvalue weighted by Gasteiger charge is 2.29. The van der Waals surface area contributed by atoms with Crippen molar-refractivity contribution in [3.05, 3.63) is 59.7 Å². The molecule has 2 aromatic rings. The van der Waals surface area contributed by atoms with Crippen LogP contribution in [0.3, 0.4) is 0 Å². The Kier molecular flexibility index (Phi) is 3.62. The van der Waals surface area contributed by atoms with Gasteiger partial charge in [0, 0.05) is 0 Å². The summed E-state index contributed by atoms with van der Waals surface area (Å²) < 4.78 is 37.3. The van der Waals surface area contributed by atoms with Crippen LogP contribution in [0.4, 0.5) is 13.2 Å². The number of hydrogen-bond donors (Lipinski definition) is 1. The molecule has 2 aromatic carbocycles. The first-order valence-electron chi connectivity index (χ1n) is 5.83. The van der Waals surface area contributed by atoms with Crippen molar-refractivity contribution in [3.63, 3.8) is 0 Å². The zero-order chi connectivity index (χ0) is 14.0. The van der Waals surface area contributed by atoms with Crippen LogP contribution in [0.2, 0.25) is 0 Å². The Labute approximate surface area is 109 Å². The molecule has 1 nitrogen and oxygen atoms in total. The topological polar surface area (TPSA) is 20.2 Å². The molecule has 1 atom stereocenters. The zero-order valence-electron chi connectivity index (χ0n) is 10.3. The highest BCUT2D eigenvalue weighted by atomic mass is 19.4. The molecule has 0 saturated heterocycles. The van der Waals surface area contributed by atoms with E-state index >= 15 is 0 Å². The maximum absolute atomic E-state index is 12.4. The number of aliphatic hydroxyl groups excluding tert-OH is 1. The van der Waals surface area contributed by atoms with Gasteiger partial charge in [-0.25, -0.2) is 0 Å². The smallest absolute Gasteiger partial charge is 0.389 e. The molecule has 0 spiro atoms. The Hall–Kier alpha value is -1.81. The molecule has 0 aliphatic rings. The summed E-state index contributed by atoms with van der Waals surface area (Å²) in [5.41, 5.74) is 1.65. The van der Waals surface area contributed by atoms with Gasteiger partial charge in [-0.2, -0.15) is 13.2 Å². The van der Waals surface area contributed by atoms with E-state index < -0.39 is 17.8 Å². The Morgan fingerprint density at radius 2 is 1.26 bits per heavy atom. The molecule has 19 heavy (non-hydrogen) atoms. The molecule has 2 rings (SSSR count). The van der Waals surface area contributed by atoms with Crippen molar-refractivity contribution >= 4 is 0 Å². The van der Waals surface area contributed by atoms with Crippen LogP contribution < -0.4 is 0 Å². The highest BCUT2D eigenvalue weighted by molar-refractivity contribution is 5.64. The first-order valence-corrected chi connectivity index (χ1v) is 5.83. The minimum absolute atomic E-state index is 0.554. The van der Waals surface area contributed by atoms with Crippen molar-refractivity contribution in [3.8, 4) is 11.1 Å². The van der Waals surface area contributed by atoms with Gasteiger partial charge in [0.1, 0.15) is 0 Å². The van der Waals surface area contributed by atoms with Gasteiger partial charge in [0.15, 0.2) is 0 Å². The molecule has 4 heteroatoms. The molecular formula is C15H13F3O. The first-order chi connectivity index (χ1) is 8.88. The van der Waals surface area contributed by atoms with Gasteiger partial charge in [-0.05, 0) is 35.7 Å². The van der Waals surface area contributed by atoms with Crippen LogP contribution in [-0.2, 0) is 6.18 Å². The lowest BCUT2D eigenvalue weighted by atomic mass is 10.0. The van der Waals surface area contributed by atoms with Crippen molar-refractivity contribution in [1.29, 1.82) is 0 Å². The normalized spacial score (nSPS) is 13.3. The van der Waals surface area contributed by atoms with E-state index in [2.05, 4.69) is 0 Å². The molecule has 100 valence electrons. The van der Waals surface area contributed by atoms with E-state index in [-0.39, 0.29) is 0 Å². The SMILES string of the molecule is C[C@@H](O)c1ccc(-c2ccc(C(F)(F)F)cc2)cc1. The van der Waals surface area contributed by atoms with Crippen molar-refractivity contribution in [2.75, 3.05) is 0 Å². The van der Waals surface area contributed by atoms with E-state index in [1.54, 1.807) is 31.2 Å². The Bertz CT molecular complexity index is 539. The fourth-order valence-corrected chi connectivity index (χ4v) is 1.81. The second kappa shape index (κ2) is 5.05. The molecule has 0 unspecified atom stereocenters. The predicted molar refractivity (Wildman–Crippen MR) is 67.5 cm³/mol. The van der Waals surface area contributed by atoms with Crippen molar-refractivity contribution < 1.29 is 18.3 Å². The lowest BCUT2D eigenvalue weighted by molar-refractivity contribution is -0.137. The van der Waals surface area contributed by atoms with E-state index in [1.165, 1.54) is 12.1 Å². The molecule has 0 fully saturated rings. The summed E-state index contributed by atoms with van der Waals surface area (Å²) in [5.74, 6) is 0. The summed E-state index contributed by atoms with van der Waals surface area (Å²) in [6, 6.07) is 12.1. The average molecular weight is 266 g/mol. The third-order valence-corrected chi connectivity index (χ3v) is 2.94. The lowest BCUT2D eigenvalue weighted by Crippen LogP contribution is -2.03. The van der Waals surface area contributed by atoms with Crippen molar-refractivity contribution in [2.24, 2.45) is 0 Å². The molecule has 0 aliphatic heterocycles. The van der Waals surface area contributed by atoms with Gasteiger partial charge in [0.25, 0.3) is 0 Å². The molecule has 0 heterocycles. The van der Waals surface area contributed by atoms with Crippen LogP contribution in [0.5, 0.6) is 0 Å². The van der Waals surface area contributed by atoms with Gasteiger partial charge in [-0.1, -0.05) is 36.4 Å².